The van der Waals surface area contributed by atoms with Crippen LogP contribution in [0.2, 0.25) is 0 Å². The van der Waals surface area contributed by atoms with E-state index in [-0.39, 0.29) is 42.8 Å². The van der Waals surface area contributed by atoms with Crippen molar-refractivity contribution in [1.29, 1.82) is 0 Å². The Balaban J connectivity index is 2.74. The summed E-state index contributed by atoms with van der Waals surface area (Å²) in [6, 6.07) is 4.22. The van der Waals surface area contributed by atoms with E-state index in [2.05, 4.69) is 0 Å². The van der Waals surface area contributed by atoms with Gasteiger partial charge in [-0.1, -0.05) is 0 Å². The predicted octanol–water partition coefficient (Wildman–Crippen LogP) is 1.67. The Morgan fingerprint density at radius 2 is 1.95 bits per heavy atom. The third-order valence-corrected chi connectivity index (χ3v) is 2.31. The largest absolute Gasteiger partial charge is 0.467 e. The predicted molar refractivity (Wildman–Crippen MR) is 69.6 cm³/mol. The number of ether oxygens (including phenoxy) is 2. The van der Waals surface area contributed by atoms with Crippen molar-refractivity contribution in [2.75, 3.05) is 13.4 Å². The van der Waals surface area contributed by atoms with E-state index in [1.165, 1.54) is 32.0 Å². The standard InChI is InChI=1S/C13H15NO6/c1-9(15)5-11-3-4-12(6-13(11)14(17)18)20-8-19-7-10(2)16/h3-4,6H,5,7-8H2,1-2H3. The first-order valence-electron chi connectivity index (χ1n) is 5.87. The van der Waals surface area contributed by atoms with Gasteiger partial charge in [-0.3, -0.25) is 19.7 Å². The van der Waals surface area contributed by atoms with Gasteiger partial charge in [0.25, 0.3) is 5.69 Å². The van der Waals surface area contributed by atoms with Crippen molar-refractivity contribution >= 4 is 17.3 Å². The lowest BCUT2D eigenvalue weighted by Gasteiger charge is -2.07. The number of nitrogens with zero attached hydrogens (tertiary/aromatic N) is 1. The second-order valence-corrected chi connectivity index (χ2v) is 4.24. The van der Waals surface area contributed by atoms with Gasteiger partial charge in [0.1, 0.15) is 18.1 Å². The van der Waals surface area contributed by atoms with Gasteiger partial charge in [-0.25, -0.2) is 0 Å². The van der Waals surface area contributed by atoms with Crippen LogP contribution in [0.3, 0.4) is 0 Å². The monoisotopic (exact) mass is 281 g/mol. The number of nitro benzene ring substituents is 1. The number of hydrogen-bond acceptors (Lipinski definition) is 6. The maximum absolute atomic E-state index is 11.0. The van der Waals surface area contributed by atoms with Gasteiger partial charge in [0, 0.05) is 12.0 Å². The zero-order valence-electron chi connectivity index (χ0n) is 11.3. The Morgan fingerprint density at radius 3 is 2.50 bits per heavy atom. The Bertz CT molecular complexity index is 526. The lowest BCUT2D eigenvalue weighted by atomic mass is 10.1. The summed E-state index contributed by atoms with van der Waals surface area (Å²) in [5.74, 6) is -0.0597. The van der Waals surface area contributed by atoms with Crippen molar-refractivity contribution in [1.82, 2.24) is 0 Å². The molecule has 1 aromatic rings. The van der Waals surface area contributed by atoms with Crippen LogP contribution in [0.4, 0.5) is 5.69 Å². The first-order chi connectivity index (χ1) is 9.40. The van der Waals surface area contributed by atoms with Crippen LogP contribution in [0, 0.1) is 10.1 Å². The number of Topliss-reactive ketones (excluding diaryl/α,β-unsaturated/α-hetero) is 2. The van der Waals surface area contributed by atoms with E-state index in [1.54, 1.807) is 0 Å². The molecule has 0 N–H and O–H groups in total. The first kappa shape index (κ1) is 15.8. The molecule has 0 spiro atoms. The van der Waals surface area contributed by atoms with E-state index in [0.29, 0.717) is 5.56 Å². The van der Waals surface area contributed by atoms with Crippen LogP contribution in [0.15, 0.2) is 18.2 Å². The van der Waals surface area contributed by atoms with Gasteiger partial charge in [0.15, 0.2) is 12.6 Å². The zero-order chi connectivity index (χ0) is 15.1. The van der Waals surface area contributed by atoms with E-state index >= 15 is 0 Å². The Hall–Kier alpha value is -2.28. The van der Waals surface area contributed by atoms with Crippen LogP contribution in [-0.2, 0) is 20.7 Å². The normalized spacial score (nSPS) is 10.1. The van der Waals surface area contributed by atoms with Crippen molar-refractivity contribution in [3.05, 3.63) is 33.9 Å². The van der Waals surface area contributed by atoms with Crippen LogP contribution in [0.1, 0.15) is 19.4 Å². The van der Waals surface area contributed by atoms with Crippen molar-refractivity contribution in [3.8, 4) is 5.75 Å². The summed E-state index contributed by atoms with van der Waals surface area (Å²) in [6.07, 6.45) is -0.00255. The molecule has 108 valence electrons. The number of carbonyl (C=O) groups excluding carboxylic acids is 2. The molecule has 0 aliphatic heterocycles. The van der Waals surface area contributed by atoms with Crippen LogP contribution in [0.25, 0.3) is 0 Å². The van der Waals surface area contributed by atoms with Crippen LogP contribution in [0.5, 0.6) is 5.75 Å². The quantitative estimate of drug-likeness (QED) is 0.311. The van der Waals surface area contributed by atoms with E-state index < -0.39 is 4.92 Å². The van der Waals surface area contributed by atoms with E-state index in [9.17, 15) is 19.7 Å². The molecule has 0 aromatic heterocycles. The van der Waals surface area contributed by atoms with Crippen molar-refractivity contribution in [2.24, 2.45) is 0 Å². The molecular weight excluding hydrogens is 266 g/mol. The molecule has 0 aliphatic rings. The van der Waals surface area contributed by atoms with Gasteiger partial charge in [-0.05, 0) is 26.0 Å². The van der Waals surface area contributed by atoms with Crippen LogP contribution < -0.4 is 4.74 Å². The van der Waals surface area contributed by atoms with Gasteiger partial charge in [0.2, 0.25) is 0 Å². The molecule has 0 amide bonds. The molecule has 20 heavy (non-hydrogen) atoms. The summed E-state index contributed by atoms with van der Waals surface area (Å²) in [5, 5.41) is 10.9. The molecule has 0 aliphatic carbocycles. The molecule has 0 radical (unpaired) electrons. The van der Waals surface area contributed by atoms with Crippen molar-refractivity contribution < 1.29 is 24.0 Å². The molecule has 7 nitrogen and oxygen atoms in total. The lowest BCUT2D eigenvalue weighted by molar-refractivity contribution is -0.385. The number of nitro groups is 1. The highest BCUT2D eigenvalue weighted by molar-refractivity contribution is 5.79. The lowest BCUT2D eigenvalue weighted by Crippen LogP contribution is -2.09. The van der Waals surface area contributed by atoms with Crippen molar-refractivity contribution in [2.45, 2.75) is 20.3 Å². The molecule has 0 fully saturated rings. The minimum Gasteiger partial charge on any atom is -0.467 e. The molecule has 0 saturated heterocycles. The summed E-state index contributed by atoms with van der Waals surface area (Å²) in [7, 11) is 0. The van der Waals surface area contributed by atoms with Crippen LogP contribution >= 0.6 is 0 Å². The number of hydrogen-bond donors (Lipinski definition) is 0. The smallest absolute Gasteiger partial charge is 0.276 e. The molecule has 1 aromatic carbocycles. The average Bonchev–Trinajstić information content (AvgIpc) is 2.35. The average molecular weight is 281 g/mol. The van der Waals surface area contributed by atoms with E-state index in [1.807, 2.05) is 0 Å². The summed E-state index contributed by atoms with van der Waals surface area (Å²) in [4.78, 5) is 32.1. The number of rotatable bonds is 8. The molecule has 0 heterocycles. The van der Waals surface area contributed by atoms with E-state index in [0.717, 1.165) is 0 Å². The fraction of sp³-hybridized carbons (Fsp3) is 0.385. The molecule has 7 heteroatoms. The fourth-order valence-corrected chi connectivity index (χ4v) is 1.52. The zero-order valence-corrected chi connectivity index (χ0v) is 11.3. The first-order valence-corrected chi connectivity index (χ1v) is 5.87. The highest BCUT2D eigenvalue weighted by Crippen LogP contribution is 2.25. The third kappa shape index (κ3) is 5.15. The topological polar surface area (TPSA) is 95.7 Å². The maximum Gasteiger partial charge on any atom is 0.276 e. The minimum atomic E-state index is -0.568. The molecule has 0 saturated carbocycles. The van der Waals surface area contributed by atoms with Gasteiger partial charge >= 0.3 is 0 Å². The highest BCUT2D eigenvalue weighted by Gasteiger charge is 2.16. The maximum atomic E-state index is 11.0. The summed E-state index contributed by atoms with van der Waals surface area (Å²) >= 11 is 0. The molecule has 0 bridgehead atoms. The molecular formula is C13H15NO6. The minimum absolute atomic E-state index is 0.00255. The Labute approximate surface area is 115 Å². The SMILES string of the molecule is CC(=O)COCOc1ccc(CC(C)=O)c([N+](=O)[O-])c1. The van der Waals surface area contributed by atoms with Crippen LogP contribution in [-0.4, -0.2) is 29.9 Å². The van der Waals surface area contributed by atoms with E-state index in [4.69, 9.17) is 9.47 Å². The summed E-state index contributed by atoms with van der Waals surface area (Å²) in [6.45, 7) is 2.48. The Morgan fingerprint density at radius 1 is 1.25 bits per heavy atom. The van der Waals surface area contributed by atoms with Gasteiger partial charge < -0.3 is 9.47 Å². The third-order valence-electron chi connectivity index (χ3n) is 2.31. The number of benzene rings is 1. The second kappa shape index (κ2) is 7.34. The van der Waals surface area contributed by atoms with Gasteiger partial charge in [0.05, 0.1) is 11.0 Å². The number of ketones is 2. The summed E-state index contributed by atoms with van der Waals surface area (Å²) < 4.78 is 10.0. The molecule has 0 atom stereocenters. The van der Waals surface area contributed by atoms with Crippen molar-refractivity contribution in [3.63, 3.8) is 0 Å². The Kier molecular flexibility index (Phi) is 5.79. The van der Waals surface area contributed by atoms with Gasteiger partial charge in [-0.15, -0.1) is 0 Å². The number of carbonyl (C=O) groups is 2. The molecule has 0 unspecified atom stereocenters. The summed E-state index contributed by atoms with van der Waals surface area (Å²) in [5.41, 5.74) is 0.156. The van der Waals surface area contributed by atoms with Gasteiger partial charge in [-0.2, -0.15) is 0 Å². The fourth-order valence-electron chi connectivity index (χ4n) is 1.52. The highest BCUT2D eigenvalue weighted by atomic mass is 16.7. The second-order valence-electron chi connectivity index (χ2n) is 4.24. The molecule has 1 rings (SSSR count).